The molecule has 3 aliphatic rings. The standard InChI is InChI=1S/C27H47N/c1-3-5-6-7-9-22-11-13-23(14-12-22)24-15-17-25(18-16-24)26-10-8-19-27(4-2,20-26)21-28/h22-26H,3-20H2,1-2H3/t22-,23-,24-,25-,26?,27?. The largest absolute Gasteiger partial charge is 0.198 e. The van der Waals surface area contributed by atoms with Crippen LogP contribution in [0.5, 0.6) is 0 Å². The molecule has 0 aromatic rings. The lowest BCUT2D eigenvalue weighted by Gasteiger charge is -2.43. The minimum absolute atomic E-state index is 0.0231. The van der Waals surface area contributed by atoms with E-state index in [9.17, 15) is 5.26 Å². The molecule has 0 amide bonds. The van der Waals surface area contributed by atoms with Gasteiger partial charge in [0.15, 0.2) is 0 Å². The van der Waals surface area contributed by atoms with E-state index in [1.807, 2.05) is 0 Å². The van der Waals surface area contributed by atoms with Crippen LogP contribution in [-0.4, -0.2) is 0 Å². The Morgan fingerprint density at radius 2 is 1.36 bits per heavy atom. The van der Waals surface area contributed by atoms with Crippen LogP contribution in [0, 0.1) is 46.3 Å². The second-order valence-corrected chi connectivity index (χ2v) is 10.9. The van der Waals surface area contributed by atoms with E-state index in [2.05, 4.69) is 19.9 Å². The smallest absolute Gasteiger partial charge is 0.0689 e. The van der Waals surface area contributed by atoms with Crippen LogP contribution in [-0.2, 0) is 0 Å². The molecule has 0 heterocycles. The van der Waals surface area contributed by atoms with Crippen LogP contribution in [0.3, 0.4) is 0 Å². The summed E-state index contributed by atoms with van der Waals surface area (Å²) in [5.41, 5.74) is 0.0231. The average molecular weight is 386 g/mol. The van der Waals surface area contributed by atoms with Crippen molar-refractivity contribution >= 4 is 0 Å². The summed E-state index contributed by atoms with van der Waals surface area (Å²) in [5, 5.41) is 9.72. The molecular formula is C27H47N. The Kier molecular flexibility index (Phi) is 8.74. The molecule has 2 atom stereocenters. The summed E-state index contributed by atoms with van der Waals surface area (Å²) in [6.45, 7) is 4.56. The predicted octanol–water partition coefficient (Wildman–Crippen LogP) is 8.68. The van der Waals surface area contributed by atoms with Gasteiger partial charge in [-0.05, 0) is 87.4 Å². The molecule has 3 saturated carbocycles. The van der Waals surface area contributed by atoms with E-state index in [-0.39, 0.29) is 5.41 Å². The molecule has 0 bridgehead atoms. The lowest BCUT2D eigenvalue weighted by molar-refractivity contribution is 0.0838. The molecule has 0 aromatic carbocycles. The van der Waals surface area contributed by atoms with E-state index < -0.39 is 0 Å². The highest BCUT2D eigenvalue weighted by molar-refractivity contribution is 5.02. The minimum atomic E-state index is 0.0231. The van der Waals surface area contributed by atoms with Gasteiger partial charge in [-0.3, -0.25) is 0 Å². The third kappa shape index (κ3) is 5.77. The van der Waals surface area contributed by atoms with Gasteiger partial charge >= 0.3 is 0 Å². The Hall–Kier alpha value is -0.510. The highest BCUT2D eigenvalue weighted by Gasteiger charge is 2.40. The maximum absolute atomic E-state index is 9.72. The quantitative estimate of drug-likeness (QED) is 0.383. The summed E-state index contributed by atoms with van der Waals surface area (Å²) in [4.78, 5) is 0. The van der Waals surface area contributed by atoms with Gasteiger partial charge in [-0.2, -0.15) is 5.26 Å². The Labute approximate surface area is 176 Å². The summed E-state index contributed by atoms with van der Waals surface area (Å²) in [6.07, 6.45) is 25.5. The summed E-state index contributed by atoms with van der Waals surface area (Å²) < 4.78 is 0. The third-order valence-electron chi connectivity index (χ3n) is 9.30. The van der Waals surface area contributed by atoms with Crippen LogP contribution in [0.1, 0.15) is 129 Å². The molecule has 3 aliphatic carbocycles. The first-order valence-corrected chi connectivity index (χ1v) is 13.1. The number of hydrogen-bond donors (Lipinski definition) is 0. The van der Waals surface area contributed by atoms with E-state index in [4.69, 9.17) is 0 Å². The summed E-state index contributed by atoms with van der Waals surface area (Å²) in [5.74, 6) is 4.93. The van der Waals surface area contributed by atoms with Gasteiger partial charge in [0.2, 0.25) is 0 Å². The van der Waals surface area contributed by atoms with Crippen molar-refractivity contribution in [2.75, 3.05) is 0 Å². The molecule has 0 aliphatic heterocycles. The van der Waals surface area contributed by atoms with Gasteiger partial charge in [0, 0.05) is 0 Å². The molecular weight excluding hydrogens is 338 g/mol. The summed E-state index contributed by atoms with van der Waals surface area (Å²) in [7, 11) is 0. The Morgan fingerprint density at radius 3 is 1.93 bits per heavy atom. The molecule has 0 radical (unpaired) electrons. The number of unbranched alkanes of at least 4 members (excludes halogenated alkanes) is 3. The summed E-state index contributed by atoms with van der Waals surface area (Å²) >= 11 is 0. The van der Waals surface area contributed by atoms with E-state index in [0.29, 0.717) is 0 Å². The van der Waals surface area contributed by atoms with Crippen molar-refractivity contribution < 1.29 is 0 Å². The minimum Gasteiger partial charge on any atom is -0.198 e. The predicted molar refractivity (Wildman–Crippen MR) is 120 cm³/mol. The van der Waals surface area contributed by atoms with E-state index in [1.165, 1.54) is 103 Å². The fourth-order valence-electron chi connectivity index (χ4n) is 7.21. The first-order valence-electron chi connectivity index (χ1n) is 13.1. The summed E-state index contributed by atoms with van der Waals surface area (Å²) in [6, 6.07) is 2.72. The lowest BCUT2D eigenvalue weighted by Crippen LogP contribution is -2.33. The molecule has 3 fully saturated rings. The first-order chi connectivity index (χ1) is 13.7. The lowest BCUT2D eigenvalue weighted by atomic mass is 9.61. The molecule has 3 rings (SSSR count). The number of rotatable bonds is 8. The molecule has 1 nitrogen and oxygen atoms in total. The SMILES string of the molecule is CCCCCC[C@H]1CC[C@H]([C@H]2CC[C@H](C3CCCC(C#N)(CC)C3)CC2)CC1. The van der Waals surface area contributed by atoms with E-state index in [0.717, 1.165) is 42.4 Å². The van der Waals surface area contributed by atoms with E-state index in [1.54, 1.807) is 0 Å². The Balaban J connectivity index is 1.37. The van der Waals surface area contributed by atoms with Crippen molar-refractivity contribution in [2.45, 2.75) is 129 Å². The topological polar surface area (TPSA) is 23.8 Å². The maximum atomic E-state index is 9.72. The molecule has 0 saturated heterocycles. The van der Waals surface area contributed by atoms with Crippen molar-refractivity contribution in [2.24, 2.45) is 35.0 Å². The monoisotopic (exact) mass is 385 g/mol. The zero-order chi connectivity index (χ0) is 19.8. The number of nitrogens with zero attached hydrogens (tertiary/aromatic N) is 1. The third-order valence-corrected chi connectivity index (χ3v) is 9.30. The Bertz CT molecular complexity index is 475. The fraction of sp³-hybridized carbons (Fsp3) is 0.963. The van der Waals surface area contributed by atoms with Gasteiger partial charge in [0.1, 0.15) is 0 Å². The zero-order valence-electron chi connectivity index (χ0n) is 19.1. The molecule has 2 unspecified atom stereocenters. The van der Waals surface area contributed by atoms with Crippen LogP contribution in [0.4, 0.5) is 0 Å². The van der Waals surface area contributed by atoms with Gasteiger partial charge in [0.05, 0.1) is 11.5 Å². The van der Waals surface area contributed by atoms with E-state index >= 15 is 0 Å². The first kappa shape index (κ1) is 22.2. The average Bonchev–Trinajstić information content (AvgIpc) is 2.77. The van der Waals surface area contributed by atoms with Crippen molar-refractivity contribution in [3.05, 3.63) is 0 Å². The maximum Gasteiger partial charge on any atom is 0.0689 e. The molecule has 28 heavy (non-hydrogen) atoms. The van der Waals surface area contributed by atoms with Crippen LogP contribution in [0.15, 0.2) is 0 Å². The van der Waals surface area contributed by atoms with Gasteiger partial charge in [-0.25, -0.2) is 0 Å². The second-order valence-electron chi connectivity index (χ2n) is 10.9. The normalized spacial score (nSPS) is 39.4. The molecule has 160 valence electrons. The highest BCUT2D eigenvalue weighted by atomic mass is 14.5. The molecule has 0 spiro atoms. The number of hydrogen-bond acceptors (Lipinski definition) is 1. The fourth-order valence-corrected chi connectivity index (χ4v) is 7.21. The van der Waals surface area contributed by atoms with Crippen molar-refractivity contribution in [3.8, 4) is 6.07 Å². The van der Waals surface area contributed by atoms with Crippen LogP contribution in [0.25, 0.3) is 0 Å². The van der Waals surface area contributed by atoms with Gasteiger partial charge in [0.25, 0.3) is 0 Å². The van der Waals surface area contributed by atoms with Gasteiger partial charge in [-0.1, -0.05) is 71.6 Å². The highest BCUT2D eigenvalue weighted by Crippen LogP contribution is 2.49. The van der Waals surface area contributed by atoms with Crippen LogP contribution >= 0.6 is 0 Å². The van der Waals surface area contributed by atoms with Crippen LogP contribution < -0.4 is 0 Å². The van der Waals surface area contributed by atoms with Crippen molar-refractivity contribution in [3.63, 3.8) is 0 Å². The van der Waals surface area contributed by atoms with Crippen molar-refractivity contribution in [1.29, 1.82) is 5.26 Å². The molecule has 0 aromatic heterocycles. The Morgan fingerprint density at radius 1 is 0.750 bits per heavy atom. The van der Waals surface area contributed by atoms with Gasteiger partial charge < -0.3 is 0 Å². The zero-order valence-corrected chi connectivity index (χ0v) is 19.1. The molecule has 0 N–H and O–H groups in total. The van der Waals surface area contributed by atoms with Gasteiger partial charge in [-0.15, -0.1) is 0 Å². The van der Waals surface area contributed by atoms with Crippen molar-refractivity contribution in [1.82, 2.24) is 0 Å². The van der Waals surface area contributed by atoms with Crippen LogP contribution in [0.2, 0.25) is 0 Å². The second kappa shape index (κ2) is 11.0. The number of nitriles is 1. The molecule has 1 heteroatoms.